The molecule has 4 heteroatoms. The Hall–Kier alpha value is -1.55. The van der Waals surface area contributed by atoms with Gasteiger partial charge in [0.1, 0.15) is 0 Å². The van der Waals surface area contributed by atoms with Gasteiger partial charge in [0.25, 0.3) is 0 Å². The number of anilines is 2. The van der Waals surface area contributed by atoms with Gasteiger partial charge in [-0.1, -0.05) is 0 Å². The van der Waals surface area contributed by atoms with Crippen molar-refractivity contribution in [2.75, 3.05) is 30.4 Å². The van der Waals surface area contributed by atoms with E-state index in [4.69, 9.17) is 5.11 Å². The minimum absolute atomic E-state index is 0.138. The highest BCUT2D eigenvalue weighted by Crippen LogP contribution is 2.54. The molecule has 2 fully saturated rings. The van der Waals surface area contributed by atoms with Crippen molar-refractivity contribution >= 4 is 17.3 Å². The van der Waals surface area contributed by atoms with Gasteiger partial charge in [0.2, 0.25) is 5.91 Å². The predicted octanol–water partition coefficient (Wildman–Crippen LogP) is 2.10. The van der Waals surface area contributed by atoms with Crippen LogP contribution in [-0.2, 0) is 4.79 Å². The summed E-state index contributed by atoms with van der Waals surface area (Å²) in [6, 6.07) is 7.79. The molecule has 1 aromatic rings. The van der Waals surface area contributed by atoms with Crippen molar-refractivity contribution < 1.29 is 9.90 Å². The normalized spacial score (nSPS) is 24.3. The van der Waals surface area contributed by atoms with Crippen LogP contribution in [0, 0.1) is 17.8 Å². The zero-order valence-corrected chi connectivity index (χ0v) is 11.9. The maximum atomic E-state index is 12.1. The zero-order chi connectivity index (χ0) is 14.1. The number of hydrogen-bond acceptors (Lipinski definition) is 3. The first-order valence-electron chi connectivity index (χ1n) is 7.42. The van der Waals surface area contributed by atoms with Crippen molar-refractivity contribution in [1.82, 2.24) is 0 Å². The van der Waals surface area contributed by atoms with E-state index < -0.39 is 0 Å². The number of carbonyl (C=O) groups is 1. The van der Waals surface area contributed by atoms with Crippen molar-refractivity contribution in [3.8, 4) is 0 Å². The molecule has 108 valence electrons. The third-order valence-electron chi connectivity index (χ3n) is 4.42. The first kappa shape index (κ1) is 13.4. The Morgan fingerprint density at radius 1 is 1.35 bits per heavy atom. The Labute approximate surface area is 119 Å². The van der Waals surface area contributed by atoms with Crippen LogP contribution in [0.2, 0.25) is 0 Å². The van der Waals surface area contributed by atoms with Crippen LogP contribution in [0.5, 0.6) is 0 Å². The van der Waals surface area contributed by atoms with Crippen molar-refractivity contribution in [3.63, 3.8) is 0 Å². The predicted molar refractivity (Wildman–Crippen MR) is 79.7 cm³/mol. The van der Waals surface area contributed by atoms with E-state index in [2.05, 4.69) is 5.32 Å². The second kappa shape index (κ2) is 5.44. The van der Waals surface area contributed by atoms with Crippen LogP contribution in [-0.4, -0.2) is 31.2 Å². The Bertz CT molecular complexity index is 482. The lowest BCUT2D eigenvalue weighted by Crippen LogP contribution is -2.21. The fourth-order valence-corrected chi connectivity index (χ4v) is 2.87. The molecule has 0 bridgehead atoms. The molecule has 2 saturated carbocycles. The van der Waals surface area contributed by atoms with Crippen LogP contribution < -0.4 is 10.2 Å². The summed E-state index contributed by atoms with van der Waals surface area (Å²) < 4.78 is 0. The van der Waals surface area contributed by atoms with Crippen LogP contribution in [0.3, 0.4) is 0 Å². The van der Waals surface area contributed by atoms with Gasteiger partial charge in [0.15, 0.2) is 0 Å². The van der Waals surface area contributed by atoms with Crippen LogP contribution in [0.1, 0.15) is 19.3 Å². The van der Waals surface area contributed by atoms with Gasteiger partial charge in [-0.2, -0.15) is 0 Å². The number of hydrogen-bond donors (Lipinski definition) is 2. The lowest BCUT2D eigenvalue weighted by Gasteiger charge is -2.18. The van der Waals surface area contributed by atoms with E-state index in [9.17, 15) is 4.79 Å². The summed E-state index contributed by atoms with van der Waals surface area (Å²) in [6.45, 7) is 0.746. The second-order valence-electron chi connectivity index (χ2n) is 6.02. The van der Waals surface area contributed by atoms with E-state index in [1.54, 1.807) is 0 Å². The highest BCUT2D eigenvalue weighted by Gasteiger charge is 2.51. The minimum atomic E-state index is 0.138. The molecule has 2 aliphatic rings. The molecule has 4 nitrogen and oxygen atoms in total. The monoisotopic (exact) mass is 274 g/mol. The van der Waals surface area contributed by atoms with Gasteiger partial charge in [0, 0.05) is 30.9 Å². The first-order valence-corrected chi connectivity index (χ1v) is 7.42. The van der Waals surface area contributed by atoms with Crippen molar-refractivity contribution in [2.24, 2.45) is 17.8 Å². The van der Waals surface area contributed by atoms with Gasteiger partial charge in [-0.25, -0.2) is 0 Å². The highest BCUT2D eigenvalue weighted by molar-refractivity contribution is 5.94. The third-order valence-corrected chi connectivity index (χ3v) is 4.42. The summed E-state index contributed by atoms with van der Waals surface area (Å²) in [5.41, 5.74) is 1.90. The fourth-order valence-electron chi connectivity index (χ4n) is 2.87. The Balaban J connectivity index is 1.54. The molecular weight excluding hydrogens is 252 g/mol. The van der Waals surface area contributed by atoms with Gasteiger partial charge in [-0.15, -0.1) is 0 Å². The van der Waals surface area contributed by atoms with E-state index >= 15 is 0 Å². The van der Waals surface area contributed by atoms with E-state index in [1.807, 2.05) is 36.2 Å². The highest BCUT2D eigenvalue weighted by atomic mass is 16.3. The van der Waals surface area contributed by atoms with Crippen LogP contribution >= 0.6 is 0 Å². The van der Waals surface area contributed by atoms with E-state index in [0.717, 1.165) is 23.7 Å². The summed E-state index contributed by atoms with van der Waals surface area (Å²) in [6.07, 6.45) is 3.72. The number of likely N-dealkylation sites (N-methyl/N-ethyl adjacent to an activating group) is 1. The molecule has 3 rings (SSSR count). The number of benzene rings is 1. The van der Waals surface area contributed by atoms with Crippen molar-refractivity contribution in [2.45, 2.75) is 19.3 Å². The zero-order valence-electron chi connectivity index (χ0n) is 11.9. The van der Waals surface area contributed by atoms with Gasteiger partial charge in [-0.3, -0.25) is 4.79 Å². The molecule has 0 heterocycles. The summed E-state index contributed by atoms with van der Waals surface area (Å²) in [5, 5.41) is 11.9. The van der Waals surface area contributed by atoms with Crippen LogP contribution in [0.25, 0.3) is 0 Å². The lowest BCUT2D eigenvalue weighted by atomic mass is 10.2. The largest absolute Gasteiger partial charge is 0.395 e. The van der Waals surface area contributed by atoms with Gasteiger partial charge < -0.3 is 15.3 Å². The molecule has 20 heavy (non-hydrogen) atoms. The number of amides is 1. The van der Waals surface area contributed by atoms with E-state index in [1.165, 1.54) is 12.8 Å². The molecule has 0 aromatic heterocycles. The number of aliphatic hydroxyl groups excluding tert-OH is 1. The summed E-state index contributed by atoms with van der Waals surface area (Å²) in [7, 11) is 1.94. The maximum absolute atomic E-state index is 12.1. The fraction of sp³-hybridized carbons (Fsp3) is 0.562. The minimum Gasteiger partial charge on any atom is -0.395 e. The number of nitrogens with one attached hydrogen (secondary N) is 1. The Morgan fingerprint density at radius 3 is 2.65 bits per heavy atom. The van der Waals surface area contributed by atoms with Gasteiger partial charge in [-0.05, 0) is 55.4 Å². The molecule has 2 N–H and O–H groups in total. The number of rotatable bonds is 6. The number of nitrogens with zero attached hydrogens (tertiary/aromatic N) is 1. The van der Waals surface area contributed by atoms with Crippen molar-refractivity contribution in [1.29, 1.82) is 0 Å². The van der Waals surface area contributed by atoms with Gasteiger partial charge >= 0.3 is 0 Å². The molecule has 0 saturated heterocycles. The molecule has 1 amide bonds. The van der Waals surface area contributed by atoms with Crippen LogP contribution in [0.4, 0.5) is 11.4 Å². The SMILES string of the molecule is CN(CCO)c1ccc(NC(=O)C2CC2C2CC2)cc1. The topological polar surface area (TPSA) is 52.6 Å². The first-order chi connectivity index (χ1) is 9.69. The molecule has 2 unspecified atom stereocenters. The van der Waals surface area contributed by atoms with E-state index in [-0.39, 0.29) is 18.4 Å². The number of aliphatic hydroxyl groups is 1. The second-order valence-corrected chi connectivity index (χ2v) is 6.02. The average molecular weight is 274 g/mol. The Morgan fingerprint density at radius 2 is 2.05 bits per heavy atom. The average Bonchev–Trinajstić information content (AvgIpc) is 3.29. The molecular formula is C16H22N2O2. The molecule has 1 aromatic carbocycles. The smallest absolute Gasteiger partial charge is 0.227 e. The lowest BCUT2D eigenvalue weighted by molar-refractivity contribution is -0.117. The molecule has 2 atom stereocenters. The summed E-state index contributed by atoms with van der Waals surface area (Å²) >= 11 is 0. The maximum Gasteiger partial charge on any atom is 0.227 e. The Kier molecular flexibility index (Phi) is 3.66. The molecule has 0 radical (unpaired) electrons. The molecule has 0 aliphatic heterocycles. The summed E-state index contributed by atoms with van der Waals surface area (Å²) in [4.78, 5) is 14.1. The number of carbonyl (C=O) groups excluding carboxylic acids is 1. The van der Waals surface area contributed by atoms with Gasteiger partial charge in [0.05, 0.1) is 6.61 Å². The molecule has 0 spiro atoms. The quantitative estimate of drug-likeness (QED) is 0.835. The third kappa shape index (κ3) is 2.96. The van der Waals surface area contributed by atoms with E-state index in [0.29, 0.717) is 12.5 Å². The van der Waals surface area contributed by atoms with Crippen molar-refractivity contribution in [3.05, 3.63) is 24.3 Å². The standard InChI is InChI=1S/C16H22N2O2/c1-18(8-9-19)13-6-4-12(5-7-13)17-16(20)15-10-14(15)11-2-3-11/h4-7,11,14-15,19H,2-3,8-10H2,1H3,(H,17,20). The summed E-state index contributed by atoms with van der Waals surface area (Å²) in [5.74, 6) is 1.92. The van der Waals surface area contributed by atoms with Crippen LogP contribution in [0.15, 0.2) is 24.3 Å². The molecule has 2 aliphatic carbocycles.